The molecule has 1 N–H and O–H groups in total. The van der Waals surface area contributed by atoms with Crippen LogP contribution in [0.25, 0.3) is 0 Å². The van der Waals surface area contributed by atoms with Crippen molar-refractivity contribution >= 4 is 45.6 Å². The van der Waals surface area contributed by atoms with Crippen LogP contribution in [0.5, 0.6) is 5.75 Å². The van der Waals surface area contributed by atoms with Gasteiger partial charge in [-0.1, -0.05) is 39.0 Å². The first-order valence-corrected chi connectivity index (χ1v) is 8.65. The van der Waals surface area contributed by atoms with E-state index in [1.807, 2.05) is 0 Å². The first-order valence-electron chi connectivity index (χ1n) is 7.21. The number of esters is 1. The number of carbonyl (C=O) groups is 1. The van der Waals surface area contributed by atoms with E-state index in [1.165, 1.54) is 43.5 Å². The van der Waals surface area contributed by atoms with Crippen molar-refractivity contribution in [1.29, 1.82) is 0 Å². The normalized spacial score (nSPS) is 10.8. The van der Waals surface area contributed by atoms with Gasteiger partial charge in [0.2, 0.25) is 0 Å². The van der Waals surface area contributed by atoms with Crippen molar-refractivity contribution in [1.82, 2.24) is 0 Å². The summed E-state index contributed by atoms with van der Waals surface area (Å²) in [5, 5.41) is 0. The van der Waals surface area contributed by atoms with Crippen LogP contribution in [0.1, 0.15) is 51.9 Å². The minimum atomic E-state index is -4.21. The van der Waals surface area contributed by atoms with Gasteiger partial charge >= 0.3 is 5.97 Å². The molecule has 0 aliphatic rings. The van der Waals surface area contributed by atoms with Gasteiger partial charge in [0.15, 0.2) is 0 Å². The molecule has 0 bridgehead atoms. The summed E-state index contributed by atoms with van der Waals surface area (Å²) in [5.74, 6) is -0.0523. The largest absolute Gasteiger partial charge is 0.427 e. The molecule has 0 saturated heterocycles. The number of benzene rings is 1. The smallest absolute Gasteiger partial charge is 0.311 e. The molecule has 0 saturated carbocycles. The van der Waals surface area contributed by atoms with Gasteiger partial charge in [0.1, 0.15) is 5.75 Å². The molecule has 0 heterocycles. The predicted molar refractivity (Wildman–Crippen MR) is 85.6 cm³/mol. The first-order chi connectivity index (χ1) is 9.93. The second-order valence-electron chi connectivity index (χ2n) is 4.94. The standard InChI is InChI=1S/C15H22O5S.Na/c1-2-3-4-5-6-7-8-15(16)20-13-9-11-14(12-10-13)21(17,18)19;/h9-12H,2-8H2,1H3,(H,17,18,19);. The maximum absolute atomic E-state index is 11.6. The van der Waals surface area contributed by atoms with Gasteiger partial charge in [-0.2, -0.15) is 8.42 Å². The van der Waals surface area contributed by atoms with E-state index in [9.17, 15) is 13.2 Å². The molecule has 0 fully saturated rings. The van der Waals surface area contributed by atoms with Crippen LogP contribution in [0.15, 0.2) is 29.2 Å². The molecule has 22 heavy (non-hydrogen) atoms. The van der Waals surface area contributed by atoms with Gasteiger partial charge in [0.25, 0.3) is 10.1 Å². The molecule has 0 unspecified atom stereocenters. The van der Waals surface area contributed by atoms with Gasteiger partial charge < -0.3 is 4.74 Å². The van der Waals surface area contributed by atoms with E-state index in [-0.39, 0.29) is 46.2 Å². The van der Waals surface area contributed by atoms with E-state index in [4.69, 9.17) is 9.29 Å². The third kappa shape index (κ3) is 8.90. The molecular formula is C15H22NaO5S. The van der Waals surface area contributed by atoms with Crippen molar-refractivity contribution < 1.29 is 22.5 Å². The second-order valence-corrected chi connectivity index (χ2v) is 6.36. The fourth-order valence-corrected chi connectivity index (χ4v) is 2.39. The molecule has 5 nitrogen and oxygen atoms in total. The zero-order valence-corrected chi connectivity index (χ0v) is 16.1. The molecule has 7 heteroatoms. The Bertz CT molecular complexity index is 540. The van der Waals surface area contributed by atoms with Crippen LogP contribution in [0.2, 0.25) is 0 Å². The molecular weight excluding hydrogens is 315 g/mol. The third-order valence-corrected chi connectivity index (χ3v) is 3.96. The molecule has 0 aromatic heterocycles. The van der Waals surface area contributed by atoms with Gasteiger partial charge in [0.05, 0.1) is 4.90 Å². The van der Waals surface area contributed by atoms with Crippen molar-refractivity contribution in [3.05, 3.63) is 24.3 Å². The van der Waals surface area contributed by atoms with Crippen LogP contribution >= 0.6 is 0 Å². The quantitative estimate of drug-likeness (QED) is 0.246. The molecule has 1 radical (unpaired) electrons. The molecule has 0 aliphatic heterocycles. The van der Waals surface area contributed by atoms with Crippen LogP contribution < -0.4 is 4.74 Å². The Hall–Kier alpha value is -0.400. The van der Waals surface area contributed by atoms with Crippen LogP contribution in [-0.4, -0.2) is 48.5 Å². The predicted octanol–water partition coefficient (Wildman–Crippen LogP) is 3.21. The van der Waals surface area contributed by atoms with Crippen LogP contribution in [0.4, 0.5) is 0 Å². The summed E-state index contributed by atoms with van der Waals surface area (Å²) in [7, 11) is -4.21. The van der Waals surface area contributed by atoms with Crippen molar-refractivity contribution in [2.45, 2.75) is 56.8 Å². The summed E-state index contributed by atoms with van der Waals surface area (Å²) in [4.78, 5) is 11.4. The number of hydrogen-bond acceptors (Lipinski definition) is 4. The summed E-state index contributed by atoms with van der Waals surface area (Å²) < 4.78 is 35.7. The molecule has 119 valence electrons. The maximum atomic E-state index is 11.6. The molecule has 1 aromatic carbocycles. The van der Waals surface area contributed by atoms with Gasteiger partial charge in [-0.25, -0.2) is 0 Å². The van der Waals surface area contributed by atoms with E-state index in [1.54, 1.807) is 0 Å². The number of rotatable bonds is 9. The number of hydrogen-bond donors (Lipinski definition) is 1. The van der Waals surface area contributed by atoms with Crippen molar-refractivity contribution in [3.63, 3.8) is 0 Å². The van der Waals surface area contributed by atoms with Gasteiger partial charge in [0, 0.05) is 36.0 Å². The van der Waals surface area contributed by atoms with E-state index in [0.29, 0.717) is 6.42 Å². The molecule has 0 spiro atoms. The SMILES string of the molecule is CCCCCCCCC(=O)Oc1ccc(S(=O)(=O)O)cc1.[Na]. The maximum Gasteiger partial charge on any atom is 0.311 e. The Morgan fingerprint density at radius 1 is 1.05 bits per heavy atom. The fraction of sp³-hybridized carbons (Fsp3) is 0.533. The van der Waals surface area contributed by atoms with Crippen LogP contribution in [0.3, 0.4) is 0 Å². The third-order valence-electron chi connectivity index (χ3n) is 3.09. The average Bonchev–Trinajstić information content (AvgIpc) is 2.42. The fourth-order valence-electron chi connectivity index (χ4n) is 1.91. The minimum absolute atomic E-state index is 0. The van der Waals surface area contributed by atoms with E-state index < -0.39 is 10.1 Å². The topological polar surface area (TPSA) is 80.7 Å². The Morgan fingerprint density at radius 3 is 2.14 bits per heavy atom. The van der Waals surface area contributed by atoms with Crippen molar-refractivity contribution in [3.8, 4) is 5.75 Å². The zero-order valence-electron chi connectivity index (χ0n) is 13.2. The summed E-state index contributed by atoms with van der Waals surface area (Å²) in [6.45, 7) is 2.16. The zero-order chi connectivity index (χ0) is 15.7. The molecule has 1 aromatic rings. The van der Waals surface area contributed by atoms with Gasteiger partial charge in [-0.05, 0) is 30.7 Å². The van der Waals surface area contributed by atoms with Crippen molar-refractivity contribution in [2.75, 3.05) is 0 Å². The Labute approximate surface area is 154 Å². The molecule has 0 aliphatic carbocycles. The Kier molecular flexibility index (Phi) is 11.0. The number of unbranched alkanes of at least 4 members (excludes halogenated alkanes) is 5. The molecule has 0 atom stereocenters. The van der Waals surface area contributed by atoms with Gasteiger partial charge in [-0.15, -0.1) is 0 Å². The Balaban J connectivity index is 0.00000441. The van der Waals surface area contributed by atoms with Crippen LogP contribution in [0, 0.1) is 0 Å². The molecule has 0 amide bonds. The number of carbonyl (C=O) groups excluding carboxylic acids is 1. The summed E-state index contributed by atoms with van der Waals surface area (Å²) >= 11 is 0. The van der Waals surface area contributed by atoms with Gasteiger partial charge in [-0.3, -0.25) is 9.35 Å². The minimum Gasteiger partial charge on any atom is -0.427 e. The summed E-state index contributed by atoms with van der Waals surface area (Å²) in [6, 6.07) is 5.09. The van der Waals surface area contributed by atoms with E-state index in [2.05, 4.69) is 6.92 Å². The average molecular weight is 337 g/mol. The first kappa shape index (κ1) is 21.6. The second kappa shape index (κ2) is 11.2. The Morgan fingerprint density at radius 2 is 1.59 bits per heavy atom. The monoisotopic (exact) mass is 337 g/mol. The summed E-state index contributed by atoms with van der Waals surface area (Å²) in [6.07, 6.45) is 6.91. The molecule has 1 rings (SSSR count). The van der Waals surface area contributed by atoms with Crippen LogP contribution in [-0.2, 0) is 14.9 Å². The van der Waals surface area contributed by atoms with E-state index in [0.717, 1.165) is 19.3 Å². The van der Waals surface area contributed by atoms with E-state index >= 15 is 0 Å². The van der Waals surface area contributed by atoms with Crippen molar-refractivity contribution in [2.24, 2.45) is 0 Å². The summed E-state index contributed by atoms with van der Waals surface area (Å²) in [5.41, 5.74) is 0. The number of ether oxygens (including phenoxy) is 1.